The standard InChI is InChI=1S/C23H43N5O11/c1-2-3-27(8-11-29)19(32)14-25(17-22(36)37)6-4-24(16-21(34)35)5-7-26(18-23(38)39)15-20(33)28(9-12-30)10-13-31/h29-31H,2-18H2,1H3,(H,34,35)(H,36,37)(H,38,39). The number of nitrogens with zero attached hydrogens (tertiary/aromatic N) is 5. The third-order valence-corrected chi connectivity index (χ3v) is 5.57. The largest absolute Gasteiger partial charge is 0.480 e. The molecule has 0 aromatic rings. The highest BCUT2D eigenvalue weighted by Gasteiger charge is 2.22. The topological polar surface area (TPSA) is 223 Å². The van der Waals surface area contributed by atoms with E-state index in [-0.39, 0.29) is 84.6 Å². The molecular weight excluding hydrogens is 522 g/mol. The minimum atomic E-state index is -1.21. The zero-order valence-corrected chi connectivity index (χ0v) is 22.5. The second-order valence-electron chi connectivity index (χ2n) is 8.81. The summed E-state index contributed by atoms with van der Waals surface area (Å²) in [5.41, 5.74) is 0. The molecule has 0 heterocycles. The van der Waals surface area contributed by atoms with Gasteiger partial charge in [0.15, 0.2) is 0 Å². The van der Waals surface area contributed by atoms with Crippen LogP contribution in [-0.2, 0) is 24.0 Å². The molecule has 16 nitrogen and oxygen atoms in total. The van der Waals surface area contributed by atoms with Crippen molar-refractivity contribution < 1.29 is 54.6 Å². The minimum Gasteiger partial charge on any atom is -0.480 e. The van der Waals surface area contributed by atoms with Crippen LogP contribution in [0.15, 0.2) is 0 Å². The Bertz CT molecular complexity index is 705. The molecule has 226 valence electrons. The lowest BCUT2D eigenvalue weighted by Gasteiger charge is -2.30. The van der Waals surface area contributed by atoms with Crippen LogP contribution in [0.25, 0.3) is 0 Å². The van der Waals surface area contributed by atoms with E-state index in [0.717, 1.165) is 0 Å². The molecule has 0 aliphatic carbocycles. The number of aliphatic hydroxyl groups is 3. The van der Waals surface area contributed by atoms with Crippen LogP contribution < -0.4 is 0 Å². The van der Waals surface area contributed by atoms with E-state index in [1.165, 1.54) is 24.5 Å². The van der Waals surface area contributed by atoms with E-state index in [9.17, 15) is 44.4 Å². The Morgan fingerprint density at radius 3 is 1.08 bits per heavy atom. The van der Waals surface area contributed by atoms with Crippen molar-refractivity contribution in [2.45, 2.75) is 13.3 Å². The predicted molar refractivity (Wildman–Crippen MR) is 137 cm³/mol. The van der Waals surface area contributed by atoms with Gasteiger partial charge in [-0.1, -0.05) is 6.92 Å². The zero-order valence-electron chi connectivity index (χ0n) is 22.5. The molecule has 0 spiro atoms. The molecule has 16 heteroatoms. The number of carboxylic acid groups (broad SMARTS) is 3. The molecule has 0 aromatic carbocycles. The first-order chi connectivity index (χ1) is 18.5. The van der Waals surface area contributed by atoms with Crippen LogP contribution >= 0.6 is 0 Å². The molecule has 0 radical (unpaired) electrons. The van der Waals surface area contributed by atoms with Crippen molar-refractivity contribution in [3.05, 3.63) is 0 Å². The molecule has 0 aromatic heterocycles. The molecule has 39 heavy (non-hydrogen) atoms. The van der Waals surface area contributed by atoms with E-state index in [0.29, 0.717) is 13.0 Å². The van der Waals surface area contributed by atoms with Crippen LogP contribution in [0.4, 0.5) is 0 Å². The molecule has 2 amide bonds. The van der Waals surface area contributed by atoms with Gasteiger partial charge in [0.05, 0.1) is 52.5 Å². The van der Waals surface area contributed by atoms with Gasteiger partial charge in [-0.05, 0) is 6.42 Å². The first-order valence-electron chi connectivity index (χ1n) is 12.7. The Hall–Kier alpha value is -2.89. The summed E-state index contributed by atoms with van der Waals surface area (Å²) in [7, 11) is 0. The summed E-state index contributed by atoms with van der Waals surface area (Å²) in [6, 6.07) is 0. The summed E-state index contributed by atoms with van der Waals surface area (Å²) in [5, 5.41) is 55.3. The Morgan fingerprint density at radius 1 is 0.462 bits per heavy atom. The van der Waals surface area contributed by atoms with Gasteiger partial charge in [0.2, 0.25) is 11.8 Å². The molecule has 6 N–H and O–H groups in total. The van der Waals surface area contributed by atoms with Gasteiger partial charge in [-0.3, -0.25) is 38.7 Å². The molecule has 0 saturated heterocycles. The SMILES string of the molecule is CCCN(CCO)C(=O)CN(CCN(CCN(CC(=O)O)CC(=O)N(CCO)CCO)CC(=O)O)CC(=O)O. The normalized spacial score (nSPS) is 11.3. The molecule has 0 aliphatic rings. The van der Waals surface area contributed by atoms with Gasteiger partial charge in [-0.15, -0.1) is 0 Å². The van der Waals surface area contributed by atoms with E-state index < -0.39 is 43.4 Å². The number of carbonyl (C=O) groups excluding carboxylic acids is 2. The highest BCUT2D eigenvalue weighted by Crippen LogP contribution is 2.01. The Morgan fingerprint density at radius 2 is 0.769 bits per heavy atom. The van der Waals surface area contributed by atoms with Gasteiger partial charge in [-0.25, -0.2) is 0 Å². The Kier molecular flexibility index (Phi) is 19.4. The van der Waals surface area contributed by atoms with Gasteiger partial charge >= 0.3 is 17.9 Å². The summed E-state index contributed by atoms with van der Waals surface area (Å²) in [5.74, 6) is -4.47. The van der Waals surface area contributed by atoms with Gasteiger partial charge in [0.25, 0.3) is 0 Å². The minimum absolute atomic E-state index is 0.0169. The lowest BCUT2D eigenvalue weighted by molar-refractivity contribution is -0.141. The molecule has 0 fully saturated rings. The second-order valence-corrected chi connectivity index (χ2v) is 8.81. The quantitative estimate of drug-likeness (QED) is 0.0660. The number of amides is 2. The average Bonchev–Trinajstić information content (AvgIpc) is 2.84. The fraction of sp³-hybridized carbons (Fsp3) is 0.783. The predicted octanol–water partition coefficient (Wildman–Crippen LogP) is -3.81. The van der Waals surface area contributed by atoms with Crippen molar-refractivity contribution in [3.8, 4) is 0 Å². The van der Waals surface area contributed by atoms with Crippen LogP contribution in [0, 0.1) is 0 Å². The number of aliphatic carboxylic acids is 3. The number of carboxylic acids is 3. The summed E-state index contributed by atoms with van der Waals surface area (Å²) < 4.78 is 0. The number of carbonyl (C=O) groups is 5. The number of hydrogen-bond acceptors (Lipinski definition) is 11. The molecule has 0 unspecified atom stereocenters. The molecule has 0 aliphatic heterocycles. The van der Waals surface area contributed by atoms with E-state index >= 15 is 0 Å². The van der Waals surface area contributed by atoms with Crippen molar-refractivity contribution >= 4 is 29.7 Å². The van der Waals surface area contributed by atoms with Gasteiger partial charge in [0, 0.05) is 52.4 Å². The Labute approximate surface area is 227 Å². The summed E-state index contributed by atoms with van der Waals surface area (Å²) in [6.45, 7) is -0.653. The van der Waals surface area contributed by atoms with Gasteiger partial charge in [-0.2, -0.15) is 0 Å². The second kappa shape index (κ2) is 21.0. The maximum atomic E-state index is 12.6. The monoisotopic (exact) mass is 565 g/mol. The van der Waals surface area contributed by atoms with Crippen LogP contribution in [0.5, 0.6) is 0 Å². The van der Waals surface area contributed by atoms with Crippen LogP contribution in [-0.4, -0.2) is 190 Å². The fourth-order valence-electron chi connectivity index (χ4n) is 3.77. The smallest absolute Gasteiger partial charge is 0.317 e. The lowest BCUT2D eigenvalue weighted by atomic mass is 10.3. The molecule has 0 atom stereocenters. The molecule has 0 rings (SSSR count). The van der Waals surface area contributed by atoms with Gasteiger partial charge in [0.1, 0.15) is 0 Å². The van der Waals surface area contributed by atoms with Crippen molar-refractivity contribution in [2.24, 2.45) is 0 Å². The first kappa shape index (κ1) is 36.1. The third kappa shape index (κ3) is 17.3. The fourth-order valence-corrected chi connectivity index (χ4v) is 3.77. The third-order valence-electron chi connectivity index (χ3n) is 5.57. The van der Waals surface area contributed by atoms with Crippen LogP contribution in [0.2, 0.25) is 0 Å². The highest BCUT2D eigenvalue weighted by atomic mass is 16.4. The maximum absolute atomic E-state index is 12.6. The molecular formula is C23H43N5O11. The number of hydrogen-bond donors (Lipinski definition) is 6. The maximum Gasteiger partial charge on any atom is 0.317 e. The Balaban J connectivity index is 5.40. The van der Waals surface area contributed by atoms with Crippen LogP contribution in [0.1, 0.15) is 13.3 Å². The van der Waals surface area contributed by atoms with E-state index in [4.69, 9.17) is 10.2 Å². The summed E-state index contributed by atoms with van der Waals surface area (Å²) in [6.07, 6.45) is 0.643. The lowest BCUT2D eigenvalue weighted by Crippen LogP contribution is -2.48. The van der Waals surface area contributed by atoms with E-state index in [1.807, 2.05) is 6.92 Å². The average molecular weight is 566 g/mol. The zero-order chi connectivity index (χ0) is 29.8. The first-order valence-corrected chi connectivity index (χ1v) is 12.7. The number of aliphatic hydroxyl groups excluding tert-OH is 3. The molecule has 0 bridgehead atoms. The molecule has 0 saturated carbocycles. The van der Waals surface area contributed by atoms with Crippen molar-refractivity contribution in [1.29, 1.82) is 0 Å². The van der Waals surface area contributed by atoms with Gasteiger partial charge < -0.3 is 40.4 Å². The van der Waals surface area contributed by atoms with E-state index in [1.54, 1.807) is 0 Å². The van der Waals surface area contributed by atoms with Crippen molar-refractivity contribution in [1.82, 2.24) is 24.5 Å². The highest BCUT2D eigenvalue weighted by molar-refractivity contribution is 5.80. The number of rotatable bonds is 24. The van der Waals surface area contributed by atoms with E-state index in [2.05, 4.69) is 0 Å². The summed E-state index contributed by atoms with van der Waals surface area (Å²) >= 11 is 0. The van der Waals surface area contributed by atoms with Crippen LogP contribution in [0.3, 0.4) is 0 Å². The summed E-state index contributed by atoms with van der Waals surface area (Å²) in [4.78, 5) is 66.0. The van der Waals surface area contributed by atoms with Crippen molar-refractivity contribution in [3.63, 3.8) is 0 Å². The van der Waals surface area contributed by atoms with Crippen molar-refractivity contribution in [2.75, 3.05) is 105 Å².